The molecule has 0 aromatic heterocycles. The number of aliphatic hydroxyl groups is 1. The molecule has 2 aliphatic rings. The number of hydrogen-bond donors (Lipinski definition) is 2. The second-order valence-electron chi connectivity index (χ2n) is 7.03. The minimum Gasteiger partial charge on any atom is -0.493 e. The molecule has 2 N–H and O–H groups in total. The molecule has 2 heterocycles. The first-order valence-corrected chi connectivity index (χ1v) is 9.63. The Bertz CT molecular complexity index is 680. The summed E-state index contributed by atoms with van der Waals surface area (Å²) in [5.41, 5.74) is 0.870. The van der Waals surface area contributed by atoms with Gasteiger partial charge in [0.15, 0.2) is 5.96 Å². The average molecular weight is 376 g/mol. The Labute approximate surface area is 160 Å². The molecule has 1 aromatic carbocycles. The lowest BCUT2D eigenvalue weighted by Gasteiger charge is -2.28. The predicted molar refractivity (Wildman–Crippen MR) is 104 cm³/mol. The Morgan fingerprint density at radius 1 is 1.44 bits per heavy atom. The summed E-state index contributed by atoms with van der Waals surface area (Å²) in [6, 6.07) is 7.62. The van der Waals surface area contributed by atoms with Gasteiger partial charge in [0.05, 0.1) is 19.8 Å². The minimum atomic E-state index is -0.235. The lowest BCUT2D eigenvalue weighted by molar-refractivity contribution is 0.233. The molecule has 1 atom stereocenters. The lowest BCUT2D eigenvalue weighted by Crippen LogP contribution is -2.44. The van der Waals surface area contributed by atoms with Gasteiger partial charge in [-0.25, -0.2) is 9.38 Å². The van der Waals surface area contributed by atoms with E-state index in [9.17, 15) is 9.50 Å². The van der Waals surface area contributed by atoms with Crippen LogP contribution in [0.2, 0.25) is 0 Å². The summed E-state index contributed by atoms with van der Waals surface area (Å²) in [7, 11) is 0. The van der Waals surface area contributed by atoms with Crippen LogP contribution >= 0.6 is 0 Å². The maximum absolute atomic E-state index is 13.1. The van der Waals surface area contributed by atoms with Gasteiger partial charge < -0.3 is 25.0 Å². The Balaban J connectivity index is 1.40. The fraction of sp³-hybridized carbons (Fsp3) is 0.550. The normalized spacial score (nSPS) is 20.0. The molecule has 1 saturated heterocycles. The maximum atomic E-state index is 13.1. The quantitative estimate of drug-likeness (QED) is 0.727. The number of halogens is 1. The van der Waals surface area contributed by atoms with Crippen molar-refractivity contribution in [1.29, 1.82) is 0 Å². The van der Waals surface area contributed by atoms with E-state index in [2.05, 4.69) is 27.0 Å². The van der Waals surface area contributed by atoms with Crippen LogP contribution in [0.5, 0.6) is 5.75 Å². The number of likely N-dealkylation sites (tertiary alicyclic amines) is 1. The van der Waals surface area contributed by atoms with Crippen LogP contribution in [0.1, 0.15) is 18.9 Å². The van der Waals surface area contributed by atoms with Gasteiger partial charge in [0.1, 0.15) is 11.6 Å². The molecule has 7 heteroatoms. The maximum Gasteiger partial charge on any atom is 0.198 e. The van der Waals surface area contributed by atoms with Crippen LogP contribution in [0.3, 0.4) is 0 Å². The number of nitrogens with one attached hydrogen (secondary N) is 1. The second-order valence-corrected chi connectivity index (χ2v) is 7.03. The highest BCUT2D eigenvalue weighted by molar-refractivity contribution is 5.81. The minimum absolute atomic E-state index is 0.0327. The van der Waals surface area contributed by atoms with E-state index in [0.717, 1.165) is 56.4 Å². The van der Waals surface area contributed by atoms with Gasteiger partial charge >= 0.3 is 0 Å². The van der Waals surface area contributed by atoms with Gasteiger partial charge in [-0.1, -0.05) is 12.1 Å². The van der Waals surface area contributed by atoms with Gasteiger partial charge in [-0.3, -0.25) is 0 Å². The largest absolute Gasteiger partial charge is 0.493 e. The fourth-order valence-corrected chi connectivity index (χ4v) is 3.45. The third kappa shape index (κ3) is 5.68. The van der Waals surface area contributed by atoms with E-state index in [-0.39, 0.29) is 19.0 Å². The Morgan fingerprint density at radius 2 is 2.33 bits per heavy atom. The lowest BCUT2D eigenvalue weighted by atomic mass is 10.1. The van der Waals surface area contributed by atoms with Gasteiger partial charge in [0, 0.05) is 38.3 Å². The second kappa shape index (κ2) is 9.71. The molecule has 6 nitrogen and oxygen atoms in total. The summed E-state index contributed by atoms with van der Waals surface area (Å²) in [6.07, 6.45) is 2.51. The number of ether oxygens (including phenoxy) is 1. The van der Waals surface area contributed by atoms with Crippen molar-refractivity contribution in [3.8, 4) is 5.75 Å². The first kappa shape index (κ1) is 19.6. The molecule has 0 spiro atoms. The molecular formula is C20H29FN4O2. The van der Waals surface area contributed by atoms with Crippen LogP contribution < -0.4 is 10.1 Å². The molecule has 1 fully saturated rings. The Hall–Kier alpha value is -2.12. The molecule has 0 bridgehead atoms. The van der Waals surface area contributed by atoms with Crippen molar-refractivity contribution >= 4 is 5.96 Å². The van der Waals surface area contributed by atoms with Crippen LogP contribution in [-0.2, 0) is 6.61 Å². The Kier molecular flexibility index (Phi) is 7.06. The van der Waals surface area contributed by atoms with E-state index in [1.165, 1.54) is 6.20 Å². The number of nitrogens with zero attached hydrogens (tertiary/aromatic N) is 3. The summed E-state index contributed by atoms with van der Waals surface area (Å²) < 4.78 is 19.0. The monoisotopic (exact) mass is 376 g/mol. The van der Waals surface area contributed by atoms with Crippen LogP contribution in [0.4, 0.5) is 4.39 Å². The highest BCUT2D eigenvalue weighted by atomic mass is 19.1. The molecule has 0 radical (unpaired) electrons. The number of guanidine groups is 1. The zero-order valence-electron chi connectivity index (χ0n) is 15.9. The van der Waals surface area contributed by atoms with E-state index in [0.29, 0.717) is 12.5 Å². The molecule has 0 saturated carbocycles. The smallest absolute Gasteiger partial charge is 0.198 e. The summed E-state index contributed by atoms with van der Waals surface area (Å²) in [5.74, 6) is 1.85. The fourth-order valence-electron chi connectivity index (χ4n) is 3.45. The van der Waals surface area contributed by atoms with Crippen molar-refractivity contribution in [1.82, 2.24) is 15.1 Å². The summed E-state index contributed by atoms with van der Waals surface area (Å²) in [6.45, 7) is 7.68. The summed E-state index contributed by atoms with van der Waals surface area (Å²) in [4.78, 5) is 8.84. The molecule has 3 rings (SSSR count). The van der Waals surface area contributed by atoms with Gasteiger partial charge in [-0.05, 0) is 37.6 Å². The van der Waals surface area contributed by atoms with Gasteiger partial charge in [0.2, 0.25) is 0 Å². The number of likely N-dealkylation sites (N-methyl/N-ethyl adjacent to an activating group) is 1. The van der Waals surface area contributed by atoms with Crippen LogP contribution in [0, 0.1) is 5.92 Å². The molecule has 2 aliphatic heterocycles. The van der Waals surface area contributed by atoms with E-state index in [1.54, 1.807) is 0 Å². The predicted octanol–water partition coefficient (Wildman–Crippen LogP) is 1.97. The zero-order chi connectivity index (χ0) is 19.1. The molecule has 0 amide bonds. The Morgan fingerprint density at radius 3 is 3.07 bits per heavy atom. The van der Waals surface area contributed by atoms with Crippen LogP contribution in [0.15, 0.2) is 41.3 Å². The standard InChI is InChI=1S/C20H29FN4O2/c1-2-25(20-22-11-18(21)12-23-20)9-8-24-7-6-17(13-24)15-27-19-5-3-4-16(10-19)14-26/h3-5,10-11,17,26H,2,6-9,12-15H2,1H3,(H,22,23). The molecule has 1 unspecified atom stereocenters. The van der Waals surface area contributed by atoms with Crippen molar-refractivity contribution in [3.05, 3.63) is 41.9 Å². The third-order valence-electron chi connectivity index (χ3n) is 5.04. The van der Waals surface area contributed by atoms with Crippen molar-refractivity contribution in [3.63, 3.8) is 0 Å². The molecule has 1 aromatic rings. The SMILES string of the molecule is CCN(CCN1CCC(COc2cccc(CO)c2)C1)C1=NCC(F)=CN1. The van der Waals surface area contributed by atoms with Crippen molar-refractivity contribution in [2.24, 2.45) is 10.9 Å². The van der Waals surface area contributed by atoms with Crippen molar-refractivity contribution in [2.75, 3.05) is 45.9 Å². The van der Waals surface area contributed by atoms with Gasteiger partial charge in [0.25, 0.3) is 0 Å². The number of rotatable bonds is 8. The van der Waals surface area contributed by atoms with Crippen LogP contribution in [0.25, 0.3) is 0 Å². The van der Waals surface area contributed by atoms with E-state index in [1.807, 2.05) is 24.3 Å². The van der Waals surface area contributed by atoms with E-state index >= 15 is 0 Å². The molecule has 0 aliphatic carbocycles. The highest BCUT2D eigenvalue weighted by Crippen LogP contribution is 2.19. The number of hydrogen-bond acceptors (Lipinski definition) is 6. The van der Waals surface area contributed by atoms with E-state index < -0.39 is 0 Å². The topological polar surface area (TPSA) is 60.3 Å². The number of aliphatic hydroxyl groups excluding tert-OH is 1. The average Bonchev–Trinajstić information content (AvgIpc) is 3.16. The zero-order valence-corrected chi connectivity index (χ0v) is 15.9. The number of aliphatic imine (C=N–C) groups is 1. The van der Waals surface area contributed by atoms with Gasteiger partial charge in [-0.2, -0.15) is 0 Å². The first-order valence-electron chi connectivity index (χ1n) is 9.63. The molecular weight excluding hydrogens is 347 g/mol. The van der Waals surface area contributed by atoms with Gasteiger partial charge in [-0.15, -0.1) is 0 Å². The van der Waals surface area contributed by atoms with E-state index in [4.69, 9.17) is 4.74 Å². The summed E-state index contributed by atoms with van der Waals surface area (Å²) >= 11 is 0. The van der Waals surface area contributed by atoms with Crippen molar-refractivity contribution in [2.45, 2.75) is 20.0 Å². The van der Waals surface area contributed by atoms with Crippen molar-refractivity contribution < 1.29 is 14.2 Å². The third-order valence-corrected chi connectivity index (χ3v) is 5.04. The van der Waals surface area contributed by atoms with Crippen LogP contribution in [-0.4, -0.2) is 66.7 Å². The summed E-state index contributed by atoms with van der Waals surface area (Å²) in [5, 5.41) is 12.1. The first-order chi connectivity index (χ1) is 13.2. The molecule has 27 heavy (non-hydrogen) atoms. The highest BCUT2D eigenvalue weighted by Gasteiger charge is 2.24. The molecule has 148 valence electrons. The number of benzene rings is 1.